The van der Waals surface area contributed by atoms with Gasteiger partial charge in [0.05, 0.1) is 38.6 Å². The van der Waals surface area contributed by atoms with Gasteiger partial charge in [0.1, 0.15) is 10.3 Å². The number of anilines is 1. The highest BCUT2D eigenvalue weighted by atomic mass is 32.2. The van der Waals surface area contributed by atoms with Gasteiger partial charge in [-0.1, -0.05) is 35.6 Å². The summed E-state index contributed by atoms with van der Waals surface area (Å²) < 4.78 is 77.7. The van der Waals surface area contributed by atoms with Crippen molar-refractivity contribution in [2.24, 2.45) is 0 Å². The number of sulfone groups is 2. The number of pyridine rings is 1. The zero-order valence-corrected chi connectivity index (χ0v) is 35.3. The SMILES string of the molecule is CC(C)Oc1ccc2nc(NC(=O)C(OC3CCOCC3)c3ccc(S(=O)(=O)C4CC4)cc3)sc2n1.O=C(O)C(OC1CCOCC1)c1ccc(S(=O)(=O)C2CC2)cc1. The van der Waals surface area contributed by atoms with Crippen molar-refractivity contribution in [3.63, 3.8) is 0 Å². The third-order valence-electron chi connectivity index (χ3n) is 10.2. The van der Waals surface area contributed by atoms with Crippen LogP contribution in [0.3, 0.4) is 0 Å². The Hall–Kier alpha value is -4.04. The van der Waals surface area contributed by atoms with E-state index in [9.17, 15) is 31.5 Å². The molecule has 0 radical (unpaired) electrons. The summed E-state index contributed by atoms with van der Waals surface area (Å²) in [6.07, 6.45) is 3.19. The Kier molecular flexibility index (Phi) is 13.6. The summed E-state index contributed by atoms with van der Waals surface area (Å²) in [6.45, 7) is 6.13. The predicted octanol–water partition coefficient (Wildman–Crippen LogP) is 6.23. The largest absolute Gasteiger partial charge is 0.479 e. The molecule has 2 atom stereocenters. The molecule has 4 fully saturated rings. The third-order valence-corrected chi connectivity index (χ3v) is 15.7. The molecular weight excluding hydrogens is 823 g/mol. The zero-order valence-electron chi connectivity index (χ0n) is 32.9. The number of amides is 1. The Bertz CT molecular complexity index is 2300. The van der Waals surface area contributed by atoms with E-state index in [0.29, 0.717) is 110 Å². The number of hydrogen-bond acceptors (Lipinski definition) is 14. The molecule has 2 unspecified atom stereocenters. The van der Waals surface area contributed by atoms with Gasteiger partial charge >= 0.3 is 5.97 Å². The fraction of sp³-hybridized carbons (Fsp3) is 0.512. The molecular formula is C41H49N3O12S3. The first-order chi connectivity index (χ1) is 28.3. The molecule has 2 saturated heterocycles. The molecule has 4 aliphatic rings. The fourth-order valence-electron chi connectivity index (χ4n) is 6.72. The molecule has 15 nitrogen and oxygen atoms in total. The molecule has 8 rings (SSSR count). The van der Waals surface area contributed by atoms with Crippen LogP contribution in [-0.2, 0) is 48.2 Å². The first kappa shape index (κ1) is 43.1. The minimum Gasteiger partial charge on any atom is -0.479 e. The minimum atomic E-state index is -3.31. The summed E-state index contributed by atoms with van der Waals surface area (Å²) in [5.74, 6) is -0.952. The molecule has 2 aromatic heterocycles. The van der Waals surface area contributed by atoms with Gasteiger partial charge in [-0.3, -0.25) is 10.1 Å². The van der Waals surface area contributed by atoms with Crippen molar-refractivity contribution in [3.8, 4) is 5.88 Å². The van der Waals surface area contributed by atoms with Gasteiger partial charge in [0.2, 0.25) is 5.88 Å². The number of carboxylic acids is 1. The topological polar surface area (TPSA) is 207 Å². The van der Waals surface area contributed by atoms with Crippen LogP contribution in [-0.4, -0.2) is 99.0 Å². The number of nitrogens with one attached hydrogen (secondary N) is 1. The monoisotopic (exact) mass is 871 g/mol. The lowest BCUT2D eigenvalue weighted by molar-refractivity contribution is -0.158. The van der Waals surface area contributed by atoms with Crippen molar-refractivity contribution < 1.29 is 55.2 Å². The van der Waals surface area contributed by atoms with Crippen LogP contribution in [0.15, 0.2) is 70.5 Å². The molecule has 1 amide bonds. The van der Waals surface area contributed by atoms with E-state index in [2.05, 4.69) is 15.3 Å². The normalized spacial score (nSPS) is 19.1. The number of carboxylic acid groups (broad SMARTS) is 1. The first-order valence-electron chi connectivity index (χ1n) is 19.9. The lowest BCUT2D eigenvalue weighted by Gasteiger charge is -2.27. The predicted molar refractivity (Wildman–Crippen MR) is 218 cm³/mol. The number of nitrogens with zero attached hydrogens (tertiary/aromatic N) is 2. The number of aromatic nitrogens is 2. The van der Waals surface area contributed by atoms with Gasteiger partial charge < -0.3 is 28.8 Å². The molecule has 0 bridgehead atoms. The summed E-state index contributed by atoms with van der Waals surface area (Å²) in [7, 11) is -6.57. The molecule has 18 heteroatoms. The summed E-state index contributed by atoms with van der Waals surface area (Å²) in [6, 6.07) is 16.0. The Labute approximate surface area is 347 Å². The number of hydrogen-bond donors (Lipinski definition) is 2. The Balaban J connectivity index is 0.000000198. The molecule has 2 aliphatic heterocycles. The standard InChI is InChI=1S/C25H29N3O6S2.C16H20O6S/c1-15(2)33-21-10-9-20-24(27-21)35-25(26-20)28-23(29)22(34-17-11-13-32-14-12-17)16-3-5-18(6-4-16)36(30,31)19-7-8-19;17-16(18)15(22-12-7-9-21-10-8-12)11-1-3-13(4-2-11)23(19,20)14-5-6-14/h3-6,9-10,15,17,19,22H,7-8,11-14H2,1-2H3,(H,26,28,29);1-4,12,14-15H,5-10H2,(H,17,18). The fourth-order valence-corrected chi connectivity index (χ4v) is 10.9. The van der Waals surface area contributed by atoms with Crippen LogP contribution in [0, 0.1) is 0 Å². The lowest BCUT2D eigenvalue weighted by Crippen LogP contribution is -2.31. The second kappa shape index (κ2) is 18.7. The Morgan fingerprint density at radius 1 is 0.695 bits per heavy atom. The van der Waals surface area contributed by atoms with Crippen LogP contribution in [0.4, 0.5) is 5.13 Å². The minimum absolute atomic E-state index is 0.00390. The molecule has 59 heavy (non-hydrogen) atoms. The smallest absolute Gasteiger partial charge is 0.337 e. The van der Waals surface area contributed by atoms with E-state index in [-0.39, 0.29) is 44.5 Å². The summed E-state index contributed by atoms with van der Waals surface area (Å²) in [5, 5.41) is 12.1. The van der Waals surface area contributed by atoms with Crippen LogP contribution in [0.1, 0.15) is 88.5 Å². The molecule has 2 saturated carbocycles. The molecule has 2 N–H and O–H groups in total. The lowest BCUT2D eigenvalue weighted by atomic mass is 10.1. The maximum atomic E-state index is 13.4. The van der Waals surface area contributed by atoms with Gasteiger partial charge in [-0.2, -0.15) is 0 Å². The zero-order chi connectivity index (χ0) is 41.7. The highest BCUT2D eigenvalue weighted by Crippen LogP contribution is 2.36. The van der Waals surface area contributed by atoms with Crippen LogP contribution in [0.25, 0.3) is 10.3 Å². The van der Waals surface area contributed by atoms with Crippen LogP contribution in [0.2, 0.25) is 0 Å². The van der Waals surface area contributed by atoms with E-state index in [0.717, 1.165) is 0 Å². The Morgan fingerprint density at radius 3 is 1.63 bits per heavy atom. The van der Waals surface area contributed by atoms with E-state index < -0.39 is 37.9 Å². The van der Waals surface area contributed by atoms with Crippen molar-refractivity contribution in [1.82, 2.24) is 9.97 Å². The van der Waals surface area contributed by atoms with Crippen molar-refractivity contribution in [2.75, 3.05) is 31.7 Å². The van der Waals surface area contributed by atoms with E-state index >= 15 is 0 Å². The van der Waals surface area contributed by atoms with Crippen molar-refractivity contribution in [3.05, 3.63) is 71.8 Å². The quantitative estimate of drug-likeness (QED) is 0.136. The molecule has 4 heterocycles. The highest BCUT2D eigenvalue weighted by Gasteiger charge is 2.38. The van der Waals surface area contributed by atoms with Crippen LogP contribution in [0.5, 0.6) is 5.88 Å². The second-order valence-electron chi connectivity index (χ2n) is 15.3. The molecule has 4 aromatic rings. The number of rotatable bonds is 15. The number of benzene rings is 2. The van der Waals surface area contributed by atoms with E-state index in [1.165, 1.54) is 35.6 Å². The van der Waals surface area contributed by atoms with Gasteiger partial charge in [0.25, 0.3) is 5.91 Å². The van der Waals surface area contributed by atoms with Gasteiger partial charge in [-0.15, -0.1) is 0 Å². The van der Waals surface area contributed by atoms with Crippen molar-refractivity contribution in [2.45, 2.75) is 116 Å². The summed E-state index contributed by atoms with van der Waals surface area (Å²) >= 11 is 1.25. The maximum absolute atomic E-state index is 13.4. The number of thiazole rings is 1. The van der Waals surface area contributed by atoms with E-state index in [1.807, 2.05) is 13.8 Å². The van der Waals surface area contributed by atoms with Gasteiger partial charge in [0, 0.05) is 32.5 Å². The average molecular weight is 872 g/mol. The summed E-state index contributed by atoms with van der Waals surface area (Å²) in [5.41, 5.74) is 1.70. The van der Waals surface area contributed by atoms with Gasteiger partial charge in [0.15, 0.2) is 37.0 Å². The maximum Gasteiger partial charge on any atom is 0.337 e. The number of fused-ring (bicyclic) bond motifs is 1. The van der Waals surface area contributed by atoms with Crippen LogP contribution >= 0.6 is 11.3 Å². The third kappa shape index (κ3) is 11.0. The summed E-state index contributed by atoms with van der Waals surface area (Å²) in [4.78, 5) is 35.0. The number of ether oxygens (including phenoxy) is 5. The molecule has 2 aliphatic carbocycles. The van der Waals surface area contributed by atoms with Gasteiger partial charge in [-0.25, -0.2) is 31.6 Å². The van der Waals surface area contributed by atoms with Crippen LogP contribution < -0.4 is 10.1 Å². The number of aliphatic carboxylic acids is 1. The van der Waals surface area contributed by atoms with Crippen molar-refractivity contribution >= 4 is 58.4 Å². The number of carbonyl (C=O) groups is 2. The second-order valence-corrected chi connectivity index (χ2v) is 20.7. The first-order valence-corrected chi connectivity index (χ1v) is 23.8. The Morgan fingerprint density at radius 2 is 1.17 bits per heavy atom. The van der Waals surface area contributed by atoms with E-state index in [4.69, 9.17) is 23.7 Å². The average Bonchev–Trinajstić information content (AvgIpc) is 4.17. The molecule has 0 spiro atoms. The van der Waals surface area contributed by atoms with Gasteiger partial charge in [-0.05, 0) is 107 Å². The van der Waals surface area contributed by atoms with E-state index in [1.54, 1.807) is 36.4 Å². The van der Waals surface area contributed by atoms with Crippen molar-refractivity contribution in [1.29, 1.82) is 0 Å². The number of carbonyl (C=O) groups excluding carboxylic acids is 1. The molecule has 2 aromatic carbocycles. The molecule has 318 valence electrons. The highest BCUT2D eigenvalue weighted by molar-refractivity contribution is 7.92.